The summed E-state index contributed by atoms with van der Waals surface area (Å²) < 4.78 is 39.0. The van der Waals surface area contributed by atoms with E-state index in [0.717, 1.165) is 29.8 Å². The van der Waals surface area contributed by atoms with E-state index in [4.69, 9.17) is 0 Å². The Morgan fingerprint density at radius 1 is 1.03 bits per heavy atom. The normalized spacial score (nSPS) is 21.0. The van der Waals surface area contributed by atoms with Crippen molar-refractivity contribution in [2.75, 3.05) is 11.4 Å². The van der Waals surface area contributed by atoms with Gasteiger partial charge in [-0.15, -0.1) is 0 Å². The molecule has 30 heavy (non-hydrogen) atoms. The first kappa shape index (κ1) is 22.2. The molecule has 0 aliphatic carbocycles. The zero-order valence-electron chi connectivity index (χ0n) is 17.5. The number of piperidine rings is 1. The quantitative estimate of drug-likeness (QED) is 0.601. The van der Waals surface area contributed by atoms with Gasteiger partial charge in [-0.1, -0.05) is 45.0 Å². The van der Waals surface area contributed by atoms with Crippen LogP contribution in [0.4, 0.5) is 18.9 Å². The van der Waals surface area contributed by atoms with E-state index in [9.17, 15) is 23.1 Å². The lowest BCUT2D eigenvalue weighted by Gasteiger charge is -2.42. The van der Waals surface area contributed by atoms with Crippen LogP contribution in [0.15, 0.2) is 48.5 Å². The number of anilines is 1. The molecule has 1 aliphatic heterocycles. The summed E-state index contributed by atoms with van der Waals surface area (Å²) in [7, 11) is 0. The van der Waals surface area contributed by atoms with E-state index in [-0.39, 0.29) is 12.0 Å². The summed E-state index contributed by atoms with van der Waals surface area (Å²) in [6.07, 6.45) is -3.06. The fraction of sp³-hybridized carbons (Fsp3) is 0.458. The van der Waals surface area contributed by atoms with E-state index >= 15 is 0 Å². The average Bonchev–Trinajstić information content (AvgIpc) is 2.72. The lowest BCUT2D eigenvalue weighted by molar-refractivity contribution is -0.143. The molecule has 1 aliphatic rings. The second kappa shape index (κ2) is 8.70. The molecule has 3 atom stereocenters. The van der Waals surface area contributed by atoms with E-state index in [2.05, 4.69) is 30.9 Å². The molecule has 6 heteroatoms. The highest BCUT2D eigenvalue weighted by atomic mass is 19.4. The molecule has 0 radical (unpaired) electrons. The topological polar surface area (TPSA) is 40.5 Å². The minimum Gasteiger partial charge on any atom is -0.481 e. The Hall–Kier alpha value is -2.50. The molecular weight excluding hydrogens is 391 g/mol. The monoisotopic (exact) mass is 419 g/mol. The van der Waals surface area contributed by atoms with Crippen LogP contribution in [0.25, 0.3) is 0 Å². The van der Waals surface area contributed by atoms with Crippen molar-refractivity contribution < 1.29 is 23.1 Å². The number of alkyl halides is 3. The second-order valence-electron chi connectivity index (χ2n) is 8.49. The Balaban J connectivity index is 1.93. The van der Waals surface area contributed by atoms with Crippen molar-refractivity contribution >= 4 is 11.7 Å². The number of carboxylic acids is 1. The molecule has 0 spiro atoms. The van der Waals surface area contributed by atoms with Crippen LogP contribution in [0.3, 0.4) is 0 Å². The second-order valence-corrected chi connectivity index (χ2v) is 8.49. The Bertz CT molecular complexity index is 860. The van der Waals surface area contributed by atoms with Gasteiger partial charge in [0.15, 0.2) is 0 Å². The average molecular weight is 419 g/mol. The number of hydrogen-bond acceptors (Lipinski definition) is 2. The van der Waals surface area contributed by atoms with Crippen molar-refractivity contribution in [2.45, 2.75) is 51.7 Å². The largest absolute Gasteiger partial charge is 0.481 e. The van der Waals surface area contributed by atoms with Gasteiger partial charge in [0.1, 0.15) is 0 Å². The molecule has 1 N–H and O–H groups in total. The van der Waals surface area contributed by atoms with Crippen LogP contribution >= 0.6 is 0 Å². The number of carboxylic acid groups (broad SMARTS) is 1. The van der Waals surface area contributed by atoms with Crippen LogP contribution in [-0.4, -0.2) is 17.6 Å². The van der Waals surface area contributed by atoms with Gasteiger partial charge in [0.25, 0.3) is 0 Å². The summed E-state index contributed by atoms with van der Waals surface area (Å²) in [6.45, 7) is 6.62. The maximum Gasteiger partial charge on any atom is 0.416 e. The summed E-state index contributed by atoms with van der Waals surface area (Å²) >= 11 is 0. The number of rotatable bonds is 5. The molecule has 1 fully saturated rings. The number of hydrogen-bond donors (Lipinski definition) is 1. The summed E-state index contributed by atoms with van der Waals surface area (Å²) in [5.41, 5.74) is 2.33. The highest BCUT2D eigenvalue weighted by Gasteiger charge is 2.36. The summed E-state index contributed by atoms with van der Waals surface area (Å²) in [4.78, 5) is 13.7. The lowest BCUT2D eigenvalue weighted by atomic mass is 9.79. The minimum absolute atomic E-state index is 0.0269. The van der Waals surface area contributed by atoms with Crippen LogP contribution in [-0.2, 0) is 11.0 Å². The van der Waals surface area contributed by atoms with Gasteiger partial charge < -0.3 is 10.0 Å². The standard InChI is InChI=1S/C24H28F3NO2/c1-15(2)17-6-10-21(11-7-17)28-13-12-19(16(3)23(29)30)14-22(28)18-4-8-20(9-5-18)24(25,26)27/h4-11,15-16,19,22H,12-14H2,1-3H3,(H,29,30). The fourth-order valence-corrected chi connectivity index (χ4v) is 4.22. The Morgan fingerprint density at radius 2 is 1.63 bits per heavy atom. The van der Waals surface area contributed by atoms with Gasteiger partial charge in [-0.25, -0.2) is 0 Å². The molecule has 0 aromatic heterocycles. The first-order valence-corrected chi connectivity index (χ1v) is 10.3. The molecule has 2 aromatic carbocycles. The first-order chi connectivity index (χ1) is 14.1. The Kier molecular flexibility index (Phi) is 6.44. The van der Waals surface area contributed by atoms with Gasteiger partial charge in [-0.3, -0.25) is 4.79 Å². The van der Waals surface area contributed by atoms with Crippen molar-refractivity contribution in [1.82, 2.24) is 0 Å². The molecule has 1 heterocycles. The van der Waals surface area contributed by atoms with E-state index in [1.165, 1.54) is 17.7 Å². The van der Waals surface area contributed by atoms with Crippen molar-refractivity contribution in [3.8, 4) is 0 Å². The first-order valence-electron chi connectivity index (χ1n) is 10.3. The molecule has 2 aromatic rings. The summed E-state index contributed by atoms with van der Waals surface area (Å²) in [5, 5.41) is 9.44. The molecule has 0 saturated carbocycles. The van der Waals surface area contributed by atoms with Crippen LogP contribution in [0.1, 0.15) is 62.3 Å². The van der Waals surface area contributed by atoms with Gasteiger partial charge in [-0.05, 0) is 60.1 Å². The van der Waals surface area contributed by atoms with Crippen molar-refractivity contribution in [3.05, 3.63) is 65.2 Å². The van der Waals surface area contributed by atoms with E-state index in [1.54, 1.807) is 6.92 Å². The van der Waals surface area contributed by atoms with E-state index < -0.39 is 23.6 Å². The highest BCUT2D eigenvalue weighted by Crippen LogP contribution is 2.41. The molecule has 3 unspecified atom stereocenters. The third-order valence-corrected chi connectivity index (χ3v) is 6.25. The third-order valence-electron chi connectivity index (χ3n) is 6.25. The summed E-state index contributed by atoms with van der Waals surface area (Å²) in [5.74, 6) is -0.943. The van der Waals surface area contributed by atoms with Gasteiger partial charge in [-0.2, -0.15) is 13.2 Å². The fourth-order valence-electron chi connectivity index (χ4n) is 4.22. The van der Waals surface area contributed by atoms with Crippen LogP contribution in [0.5, 0.6) is 0 Å². The van der Waals surface area contributed by atoms with Crippen LogP contribution in [0, 0.1) is 11.8 Å². The SMILES string of the molecule is CC(C)c1ccc(N2CCC(C(C)C(=O)O)CC2c2ccc(C(F)(F)F)cc2)cc1. The molecule has 3 nitrogen and oxygen atoms in total. The molecular formula is C24H28F3NO2. The third kappa shape index (κ3) is 4.79. The molecule has 162 valence electrons. The predicted molar refractivity (Wildman–Crippen MR) is 112 cm³/mol. The lowest BCUT2D eigenvalue weighted by Crippen LogP contribution is -2.40. The number of nitrogens with zero attached hydrogens (tertiary/aromatic N) is 1. The predicted octanol–water partition coefficient (Wildman–Crippen LogP) is 6.51. The maximum absolute atomic E-state index is 13.0. The van der Waals surface area contributed by atoms with Gasteiger partial charge >= 0.3 is 12.1 Å². The maximum atomic E-state index is 13.0. The van der Waals surface area contributed by atoms with Crippen molar-refractivity contribution in [1.29, 1.82) is 0 Å². The van der Waals surface area contributed by atoms with E-state index in [1.807, 2.05) is 12.1 Å². The highest BCUT2D eigenvalue weighted by molar-refractivity contribution is 5.70. The van der Waals surface area contributed by atoms with Crippen LogP contribution < -0.4 is 4.90 Å². The number of aliphatic carboxylic acids is 1. The van der Waals surface area contributed by atoms with Gasteiger partial charge in [0, 0.05) is 12.2 Å². The zero-order valence-corrected chi connectivity index (χ0v) is 17.5. The Morgan fingerprint density at radius 3 is 2.13 bits per heavy atom. The molecule has 0 bridgehead atoms. The minimum atomic E-state index is -4.38. The smallest absolute Gasteiger partial charge is 0.416 e. The number of halogens is 3. The summed E-state index contributed by atoms with van der Waals surface area (Å²) in [6, 6.07) is 13.4. The molecule has 3 rings (SSSR count). The van der Waals surface area contributed by atoms with E-state index in [0.29, 0.717) is 18.9 Å². The molecule has 0 amide bonds. The molecule has 1 saturated heterocycles. The van der Waals surface area contributed by atoms with Gasteiger partial charge in [0.05, 0.1) is 17.5 Å². The van der Waals surface area contributed by atoms with Crippen molar-refractivity contribution in [2.24, 2.45) is 11.8 Å². The number of benzene rings is 2. The van der Waals surface area contributed by atoms with Crippen LogP contribution in [0.2, 0.25) is 0 Å². The van der Waals surface area contributed by atoms with Crippen molar-refractivity contribution in [3.63, 3.8) is 0 Å². The number of carbonyl (C=O) groups is 1. The Labute approximate surface area is 175 Å². The zero-order chi connectivity index (χ0) is 22.1. The van der Waals surface area contributed by atoms with Gasteiger partial charge in [0.2, 0.25) is 0 Å².